The van der Waals surface area contributed by atoms with Crippen molar-refractivity contribution in [2.24, 2.45) is 0 Å². The van der Waals surface area contributed by atoms with Crippen LogP contribution in [0.2, 0.25) is 5.02 Å². The van der Waals surface area contributed by atoms with Crippen molar-refractivity contribution in [2.75, 3.05) is 25.1 Å². The van der Waals surface area contributed by atoms with Crippen molar-refractivity contribution < 1.29 is 14.3 Å². The van der Waals surface area contributed by atoms with Gasteiger partial charge in [-0.1, -0.05) is 34.2 Å². The van der Waals surface area contributed by atoms with Gasteiger partial charge in [0.1, 0.15) is 0 Å². The zero-order valence-corrected chi connectivity index (χ0v) is 18.7. The van der Waals surface area contributed by atoms with Crippen molar-refractivity contribution in [1.82, 2.24) is 24.9 Å². The van der Waals surface area contributed by atoms with Gasteiger partial charge < -0.3 is 19.4 Å². The first-order valence-electron chi connectivity index (χ1n) is 8.99. The van der Waals surface area contributed by atoms with Gasteiger partial charge in [0.2, 0.25) is 11.8 Å². The number of aromatic nitrogens is 5. The first-order chi connectivity index (χ1) is 13.9. The maximum absolute atomic E-state index is 11.1. The number of anilines is 1. The normalized spacial score (nSPS) is 15.0. The van der Waals surface area contributed by atoms with E-state index in [1.807, 2.05) is 0 Å². The number of hydrogen-bond donors (Lipinski definition) is 1. The van der Waals surface area contributed by atoms with Crippen molar-refractivity contribution in [3.8, 4) is 23.1 Å². The number of piperidine rings is 1. The highest BCUT2D eigenvalue weighted by molar-refractivity contribution is 14.1. The third-order valence-corrected chi connectivity index (χ3v) is 6.08. The Bertz CT molecular complexity index is 1070. The number of imidazole rings is 1. The Morgan fingerprint density at radius 1 is 1.31 bits per heavy atom. The van der Waals surface area contributed by atoms with Gasteiger partial charge in [-0.2, -0.15) is 9.97 Å². The maximum atomic E-state index is 11.1. The molecule has 0 spiro atoms. The van der Waals surface area contributed by atoms with Crippen LogP contribution in [0.3, 0.4) is 0 Å². The van der Waals surface area contributed by atoms with Gasteiger partial charge in [-0.15, -0.1) is 0 Å². The molecule has 0 bridgehead atoms. The third-order valence-electron chi connectivity index (χ3n) is 4.54. The molecule has 1 aliphatic heterocycles. The molecule has 4 rings (SSSR count). The average molecular weight is 529 g/mol. The van der Waals surface area contributed by atoms with Crippen LogP contribution < -0.4 is 14.4 Å². The predicted octanol–water partition coefficient (Wildman–Crippen LogP) is 3.41. The largest absolute Gasteiger partial charge is 0.480 e. The first kappa shape index (κ1) is 20.1. The quantitative estimate of drug-likeness (QED) is 0.312. The molecule has 0 atom stereocenters. The fourth-order valence-electron chi connectivity index (χ4n) is 3.14. The lowest BCUT2D eigenvalue weighted by atomic mass is 10.1. The molecule has 4 heterocycles. The number of rotatable bonds is 4. The van der Waals surface area contributed by atoms with Crippen LogP contribution in [0.4, 0.5) is 5.95 Å². The second kappa shape index (κ2) is 8.27. The van der Waals surface area contributed by atoms with Gasteiger partial charge in [0, 0.05) is 30.1 Å². The van der Waals surface area contributed by atoms with E-state index in [4.69, 9.17) is 21.1 Å². The minimum absolute atomic E-state index is 0.0606. The van der Waals surface area contributed by atoms with Gasteiger partial charge in [0.15, 0.2) is 5.65 Å². The molecule has 0 unspecified atom stereocenters. The topological polar surface area (TPSA) is 106 Å². The fraction of sp³-hybridized carbons (Fsp3) is 0.389. The monoisotopic (exact) mass is 528 g/mol. The number of pyridine rings is 1. The molecular weight excluding hydrogens is 511 g/mol. The summed E-state index contributed by atoms with van der Waals surface area (Å²) in [5.41, 5.74) is 1.91. The number of halogens is 2. The van der Waals surface area contributed by atoms with E-state index >= 15 is 0 Å². The number of carbonyl (C=O) groups excluding carboxylic acids is 1. The number of carbonyl (C=O) groups is 1. The number of H-pyrrole nitrogens is 1. The van der Waals surface area contributed by atoms with Crippen molar-refractivity contribution in [2.45, 2.75) is 23.7 Å². The zero-order chi connectivity index (χ0) is 20.5. The van der Waals surface area contributed by atoms with Gasteiger partial charge in [-0.25, -0.2) is 9.97 Å². The van der Waals surface area contributed by atoms with E-state index in [0.717, 1.165) is 25.9 Å². The Morgan fingerprint density at radius 3 is 2.76 bits per heavy atom. The van der Waals surface area contributed by atoms with Crippen LogP contribution in [0, 0.1) is 0 Å². The van der Waals surface area contributed by atoms with Crippen molar-refractivity contribution in [1.29, 1.82) is 0 Å². The molecule has 9 nitrogen and oxygen atoms in total. The molecule has 1 aliphatic rings. The Labute approximate surface area is 185 Å². The molecule has 29 heavy (non-hydrogen) atoms. The molecule has 0 saturated carbocycles. The summed E-state index contributed by atoms with van der Waals surface area (Å²) in [6, 6.07) is 1.73. The lowest BCUT2D eigenvalue weighted by Gasteiger charge is -2.29. The number of methoxy groups -OCH3 is 1. The van der Waals surface area contributed by atoms with Crippen molar-refractivity contribution >= 4 is 57.3 Å². The fourth-order valence-corrected chi connectivity index (χ4v) is 3.96. The summed E-state index contributed by atoms with van der Waals surface area (Å²) in [5.74, 6) is 0.534. The summed E-state index contributed by atoms with van der Waals surface area (Å²) < 4.78 is 11.2. The molecule has 3 aromatic heterocycles. The molecule has 0 aliphatic carbocycles. The molecule has 152 valence electrons. The van der Waals surface area contributed by atoms with Crippen molar-refractivity contribution in [3.05, 3.63) is 17.3 Å². The highest BCUT2D eigenvalue weighted by atomic mass is 127. The van der Waals surface area contributed by atoms with E-state index in [-0.39, 0.29) is 6.01 Å². The number of alkyl halides is 1. The standard InChI is InChI=1S/C18H18ClIN6O3/c1-9(27)29-18-22-13-7-12(19)14(23-15(13)24-18)11-8-21-17(25-16(11)28-2)26-5-3-10(20)4-6-26/h7-8,10H,3-6H2,1-2H3,(H,22,23,24). The second-order valence-electron chi connectivity index (χ2n) is 6.58. The number of nitrogens with one attached hydrogen (secondary N) is 1. The van der Waals surface area contributed by atoms with Crippen LogP contribution in [-0.2, 0) is 4.79 Å². The number of nitrogens with zero attached hydrogens (tertiary/aromatic N) is 5. The van der Waals surface area contributed by atoms with E-state index < -0.39 is 5.97 Å². The average Bonchev–Trinajstić information content (AvgIpc) is 3.07. The molecule has 1 fully saturated rings. The van der Waals surface area contributed by atoms with E-state index in [1.54, 1.807) is 19.4 Å². The third kappa shape index (κ3) is 4.22. The Balaban J connectivity index is 1.70. The number of hydrogen-bond acceptors (Lipinski definition) is 8. The SMILES string of the molecule is COc1nc(N2CCC(I)CC2)ncc1-c1nc2nc(OC(C)=O)[nH]c2cc1Cl. The summed E-state index contributed by atoms with van der Waals surface area (Å²) in [5, 5.41) is 0.371. The first-order valence-corrected chi connectivity index (χ1v) is 10.6. The lowest BCUT2D eigenvalue weighted by molar-refractivity contribution is -0.132. The van der Waals surface area contributed by atoms with E-state index in [9.17, 15) is 4.79 Å². The molecular formula is C18H18ClIN6O3. The number of ether oxygens (including phenoxy) is 2. The molecule has 1 saturated heterocycles. The summed E-state index contributed by atoms with van der Waals surface area (Å²) in [6.45, 7) is 3.12. The molecule has 0 radical (unpaired) electrons. The second-order valence-corrected chi connectivity index (χ2v) is 8.75. The molecule has 0 aromatic carbocycles. The predicted molar refractivity (Wildman–Crippen MR) is 117 cm³/mol. The minimum atomic E-state index is -0.479. The highest BCUT2D eigenvalue weighted by Crippen LogP contribution is 2.35. The Hall–Kier alpha value is -2.21. The van der Waals surface area contributed by atoms with Crippen molar-refractivity contribution in [3.63, 3.8) is 0 Å². The van der Waals surface area contributed by atoms with Crippen LogP contribution in [0.1, 0.15) is 19.8 Å². The lowest BCUT2D eigenvalue weighted by Crippen LogP contribution is -2.35. The molecule has 0 amide bonds. The zero-order valence-electron chi connectivity index (χ0n) is 15.8. The molecule has 11 heteroatoms. The number of esters is 1. The van der Waals surface area contributed by atoms with E-state index in [0.29, 0.717) is 43.2 Å². The van der Waals surface area contributed by atoms with Crippen LogP contribution in [0.25, 0.3) is 22.4 Å². The smallest absolute Gasteiger partial charge is 0.310 e. The van der Waals surface area contributed by atoms with Gasteiger partial charge >= 0.3 is 12.0 Å². The summed E-state index contributed by atoms with van der Waals surface area (Å²) in [7, 11) is 1.55. The van der Waals surface area contributed by atoms with Gasteiger partial charge in [0.25, 0.3) is 0 Å². The Kier molecular flexibility index (Phi) is 5.72. The minimum Gasteiger partial charge on any atom is -0.480 e. The Morgan fingerprint density at radius 2 is 2.07 bits per heavy atom. The van der Waals surface area contributed by atoms with Gasteiger partial charge in [-0.3, -0.25) is 4.79 Å². The van der Waals surface area contributed by atoms with Crippen LogP contribution >= 0.6 is 34.2 Å². The van der Waals surface area contributed by atoms with Gasteiger partial charge in [-0.05, 0) is 18.9 Å². The maximum Gasteiger partial charge on any atom is 0.310 e. The van der Waals surface area contributed by atoms with Crippen LogP contribution in [0.5, 0.6) is 11.9 Å². The summed E-state index contributed by atoms with van der Waals surface area (Å²) in [6.07, 6.45) is 3.86. The summed E-state index contributed by atoms with van der Waals surface area (Å²) >= 11 is 8.93. The molecule has 1 N–H and O–H groups in total. The molecule has 3 aromatic rings. The van der Waals surface area contributed by atoms with Crippen LogP contribution in [0.15, 0.2) is 12.3 Å². The highest BCUT2D eigenvalue weighted by Gasteiger charge is 2.22. The summed E-state index contributed by atoms with van der Waals surface area (Å²) in [4.78, 5) is 33.9. The van der Waals surface area contributed by atoms with Gasteiger partial charge in [0.05, 0.1) is 28.9 Å². The number of aromatic amines is 1. The van der Waals surface area contributed by atoms with E-state index in [2.05, 4.69) is 52.4 Å². The van der Waals surface area contributed by atoms with E-state index in [1.165, 1.54) is 6.92 Å². The number of fused-ring (bicyclic) bond motifs is 1. The van der Waals surface area contributed by atoms with Crippen LogP contribution in [-0.4, -0.2) is 55.0 Å².